The molecule has 104 valence electrons. The lowest BCUT2D eigenvalue weighted by molar-refractivity contribution is -0.142. The van der Waals surface area contributed by atoms with E-state index in [0.29, 0.717) is 30.7 Å². The molecule has 0 radical (unpaired) electrons. The molecule has 2 fully saturated rings. The number of ether oxygens (including phenoxy) is 1. The Kier molecular flexibility index (Phi) is 3.77. The third-order valence-electron chi connectivity index (χ3n) is 3.39. The first-order valence-corrected chi connectivity index (χ1v) is 8.01. The van der Waals surface area contributed by atoms with Gasteiger partial charge in [-0.05, 0) is 32.6 Å². The van der Waals surface area contributed by atoms with Gasteiger partial charge in [0.05, 0.1) is 13.0 Å². The van der Waals surface area contributed by atoms with Crippen LogP contribution in [0.3, 0.4) is 0 Å². The van der Waals surface area contributed by atoms with Crippen molar-refractivity contribution in [2.45, 2.75) is 56.1 Å². The number of hydrogen-bond acceptors (Lipinski definition) is 5. The fourth-order valence-corrected chi connectivity index (χ4v) is 3.07. The van der Waals surface area contributed by atoms with Crippen LogP contribution in [0.25, 0.3) is 0 Å². The summed E-state index contributed by atoms with van der Waals surface area (Å²) in [5, 5.41) is 9.64. The molecule has 0 saturated heterocycles. The number of carbonyl (C=O) groups is 1. The molecule has 2 aliphatic carbocycles. The minimum Gasteiger partial charge on any atom is -0.466 e. The average Bonchev–Trinajstić information content (AvgIpc) is 3.29. The molecular weight excluding hydrogens is 262 g/mol. The normalized spacial score (nSPS) is 18.6. The quantitative estimate of drug-likeness (QED) is 0.568. The van der Waals surface area contributed by atoms with Crippen molar-refractivity contribution in [3.63, 3.8) is 0 Å². The monoisotopic (exact) mass is 281 g/mol. The lowest BCUT2D eigenvalue weighted by Crippen LogP contribution is -2.06. The Labute approximate surface area is 117 Å². The van der Waals surface area contributed by atoms with Crippen LogP contribution in [-0.2, 0) is 9.53 Å². The second-order valence-corrected chi connectivity index (χ2v) is 6.18. The van der Waals surface area contributed by atoms with Gasteiger partial charge in [-0.1, -0.05) is 11.8 Å². The van der Waals surface area contributed by atoms with Crippen LogP contribution < -0.4 is 0 Å². The number of thioether (sulfide) groups is 1. The highest BCUT2D eigenvalue weighted by atomic mass is 32.2. The molecule has 0 aliphatic heterocycles. The molecule has 0 amide bonds. The van der Waals surface area contributed by atoms with Gasteiger partial charge in [0, 0.05) is 17.7 Å². The molecule has 0 unspecified atom stereocenters. The third kappa shape index (κ3) is 3.11. The van der Waals surface area contributed by atoms with Crippen LogP contribution >= 0.6 is 11.8 Å². The predicted molar refractivity (Wildman–Crippen MR) is 72.2 cm³/mol. The van der Waals surface area contributed by atoms with Gasteiger partial charge in [-0.25, -0.2) is 0 Å². The van der Waals surface area contributed by atoms with Crippen molar-refractivity contribution >= 4 is 17.7 Å². The van der Waals surface area contributed by atoms with Gasteiger partial charge in [0.25, 0.3) is 0 Å². The Bertz CT molecular complexity index is 466. The van der Waals surface area contributed by atoms with Gasteiger partial charge in [0.2, 0.25) is 0 Å². The highest BCUT2D eigenvalue weighted by Gasteiger charge is 2.36. The van der Waals surface area contributed by atoms with Crippen LogP contribution in [0, 0.1) is 0 Å². The van der Waals surface area contributed by atoms with Crippen LogP contribution in [0.4, 0.5) is 0 Å². The maximum absolute atomic E-state index is 11.3. The SMILES string of the molecule is CCOC(=O)CCSc1nnc(C2CC2)n1C1CC1. The lowest BCUT2D eigenvalue weighted by Gasteiger charge is -2.07. The average molecular weight is 281 g/mol. The summed E-state index contributed by atoms with van der Waals surface area (Å²) < 4.78 is 7.24. The molecule has 19 heavy (non-hydrogen) atoms. The molecule has 3 rings (SSSR count). The van der Waals surface area contributed by atoms with Crippen LogP contribution in [0.1, 0.15) is 56.8 Å². The molecule has 0 N–H and O–H groups in total. The number of aromatic nitrogens is 3. The Morgan fingerprint density at radius 1 is 1.37 bits per heavy atom. The van der Waals surface area contributed by atoms with Gasteiger partial charge < -0.3 is 9.30 Å². The number of esters is 1. The van der Waals surface area contributed by atoms with Crippen LogP contribution in [-0.4, -0.2) is 33.1 Å². The number of carbonyl (C=O) groups excluding carboxylic acids is 1. The molecule has 1 aromatic heterocycles. The zero-order valence-corrected chi connectivity index (χ0v) is 12.0. The summed E-state index contributed by atoms with van der Waals surface area (Å²) in [4.78, 5) is 11.3. The van der Waals surface area contributed by atoms with Gasteiger partial charge >= 0.3 is 5.97 Å². The van der Waals surface area contributed by atoms with E-state index in [9.17, 15) is 4.79 Å². The van der Waals surface area contributed by atoms with Gasteiger partial charge in [-0.15, -0.1) is 10.2 Å². The fourth-order valence-electron chi connectivity index (χ4n) is 2.14. The smallest absolute Gasteiger partial charge is 0.306 e. The first-order chi connectivity index (χ1) is 9.29. The van der Waals surface area contributed by atoms with Crippen molar-refractivity contribution in [3.05, 3.63) is 5.82 Å². The molecule has 0 bridgehead atoms. The first kappa shape index (κ1) is 13.0. The topological polar surface area (TPSA) is 57.0 Å². The number of nitrogens with zero attached hydrogens (tertiary/aromatic N) is 3. The second-order valence-electron chi connectivity index (χ2n) is 5.12. The van der Waals surface area contributed by atoms with Crippen LogP contribution in [0.15, 0.2) is 5.16 Å². The summed E-state index contributed by atoms with van der Waals surface area (Å²) in [7, 11) is 0. The molecule has 2 saturated carbocycles. The van der Waals surface area contributed by atoms with E-state index in [2.05, 4.69) is 14.8 Å². The maximum Gasteiger partial charge on any atom is 0.306 e. The van der Waals surface area contributed by atoms with Crippen molar-refractivity contribution in [3.8, 4) is 0 Å². The highest BCUT2D eigenvalue weighted by molar-refractivity contribution is 7.99. The summed E-state index contributed by atoms with van der Waals surface area (Å²) in [6.45, 7) is 2.28. The van der Waals surface area contributed by atoms with E-state index in [1.807, 2.05) is 6.92 Å². The van der Waals surface area contributed by atoms with E-state index >= 15 is 0 Å². The Morgan fingerprint density at radius 3 is 2.79 bits per heavy atom. The van der Waals surface area contributed by atoms with Gasteiger partial charge in [0.1, 0.15) is 5.82 Å². The van der Waals surface area contributed by atoms with Crippen LogP contribution in [0.5, 0.6) is 0 Å². The zero-order chi connectivity index (χ0) is 13.2. The van der Waals surface area contributed by atoms with Crippen molar-refractivity contribution < 1.29 is 9.53 Å². The fraction of sp³-hybridized carbons (Fsp3) is 0.769. The Morgan fingerprint density at radius 2 is 2.16 bits per heavy atom. The molecule has 0 atom stereocenters. The summed E-state index contributed by atoms with van der Waals surface area (Å²) in [6.07, 6.45) is 5.41. The van der Waals surface area contributed by atoms with Crippen molar-refractivity contribution in [2.24, 2.45) is 0 Å². The lowest BCUT2D eigenvalue weighted by atomic mass is 10.4. The Balaban J connectivity index is 1.59. The first-order valence-electron chi connectivity index (χ1n) is 7.02. The van der Waals surface area contributed by atoms with Crippen molar-refractivity contribution in [2.75, 3.05) is 12.4 Å². The second kappa shape index (κ2) is 5.53. The third-order valence-corrected chi connectivity index (χ3v) is 4.33. The molecule has 2 aliphatic rings. The summed E-state index contributed by atoms with van der Waals surface area (Å²) >= 11 is 1.62. The molecule has 0 aromatic carbocycles. The minimum absolute atomic E-state index is 0.130. The van der Waals surface area contributed by atoms with Gasteiger partial charge in [-0.2, -0.15) is 0 Å². The minimum atomic E-state index is -0.130. The standard InChI is InChI=1S/C13H19N3O2S/c1-2-18-11(17)7-8-19-13-15-14-12(9-3-4-9)16(13)10-5-6-10/h9-10H,2-8H2,1H3. The molecular formula is C13H19N3O2S. The summed E-state index contributed by atoms with van der Waals surface area (Å²) in [5.74, 6) is 2.39. The van der Waals surface area contributed by atoms with Crippen molar-refractivity contribution in [1.82, 2.24) is 14.8 Å². The van der Waals surface area contributed by atoms with E-state index in [-0.39, 0.29) is 5.97 Å². The molecule has 6 heteroatoms. The largest absolute Gasteiger partial charge is 0.466 e. The van der Waals surface area contributed by atoms with E-state index in [4.69, 9.17) is 4.74 Å². The van der Waals surface area contributed by atoms with Gasteiger partial charge in [-0.3, -0.25) is 4.79 Å². The van der Waals surface area contributed by atoms with E-state index in [1.54, 1.807) is 11.8 Å². The molecule has 5 nitrogen and oxygen atoms in total. The predicted octanol–water partition coefficient (Wildman–Crippen LogP) is 2.54. The summed E-state index contributed by atoms with van der Waals surface area (Å²) in [6, 6.07) is 0.607. The molecule has 1 heterocycles. The van der Waals surface area contributed by atoms with E-state index in [0.717, 1.165) is 5.16 Å². The maximum atomic E-state index is 11.3. The molecule has 0 spiro atoms. The Hall–Kier alpha value is -1.04. The van der Waals surface area contributed by atoms with Crippen LogP contribution in [0.2, 0.25) is 0 Å². The number of rotatable bonds is 7. The molecule has 1 aromatic rings. The van der Waals surface area contributed by atoms with E-state index in [1.165, 1.54) is 31.5 Å². The zero-order valence-electron chi connectivity index (χ0n) is 11.2. The van der Waals surface area contributed by atoms with Crippen molar-refractivity contribution in [1.29, 1.82) is 0 Å². The summed E-state index contributed by atoms with van der Waals surface area (Å²) in [5.41, 5.74) is 0. The van der Waals surface area contributed by atoms with E-state index < -0.39 is 0 Å². The van der Waals surface area contributed by atoms with Gasteiger partial charge in [0.15, 0.2) is 5.16 Å². The number of hydrogen-bond donors (Lipinski definition) is 0. The highest BCUT2D eigenvalue weighted by Crippen LogP contribution is 2.45.